The third-order valence-electron chi connectivity index (χ3n) is 4.27. The molecule has 1 amide bonds. The summed E-state index contributed by atoms with van der Waals surface area (Å²) < 4.78 is 38.3. The van der Waals surface area contributed by atoms with Crippen molar-refractivity contribution >= 4 is 6.09 Å². The SMILES string of the molecule is COc1cc(F)c(CN2CCC3(C2)CN(C)C(=O)O3)c(F)c1. The first-order chi connectivity index (χ1) is 10.4. The van der Waals surface area contributed by atoms with E-state index in [9.17, 15) is 13.6 Å². The average Bonchev–Trinajstić information content (AvgIpc) is 2.97. The smallest absolute Gasteiger partial charge is 0.410 e. The van der Waals surface area contributed by atoms with Gasteiger partial charge in [-0.1, -0.05) is 0 Å². The van der Waals surface area contributed by atoms with Gasteiger partial charge in [0.15, 0.2) is 0 Å². The number of carbonyl (C=O) groups excluding carboxylic acids is 1. The Labute approximate surface area is 127 Å². The van der Waals surface area contributed by atoms with Gasteiger partial charge in [-0.25, -0.2) is 13.6 Å². The highest BCUT2D eigenvalue weighted by molar-refractivity contribution is 5.70. The van der Waals surface area contributed by atoms with Gasteiger partial charge in [-0.2, -0.15) is 0 Å². The number of hydrogen-bond acceptors (Lipinski definition) is 4. The molecule has 2 saturated heterocycles. The minimum atomic E-state index is -0.627. The lowest BCUT2D eigenvalue weighted by atomic mass is 10.0. The van der Waals surface area contributed by atoms with E-state index in [1.807, 2.05) is 4.90 Å². The van der Waals surface area contributed by atoms with E-state index in [-0.39, 0.29) is 24.0 Å². The van der Waals surface area contributed by atoms with Crippen LogP contribution in [0.1, 0.15) is 12.0 Å². The summed E-state index contributed by atoms with van der Waals surface area (Å²) >= 11 is 0. The normalized spacial score (nSPS) is 25.1. The number of amides is 1. The number of halogens is 2. The highest BCUT2D eigenvalue weighted by Gasteiger charge is 2.48. The van der Waals surface area contributed by atoms with Crippen molar-refractivity contribution in [1.29, 1.82) is 0 Å². The van der Waals surface area contributed by atoms with E-state index in [1.54, 1.807) is 7.05 Å². The van der Waals surface area contributed by atoms with E-state index in [2.05, 4.69) is 0 Å². The molecule has 120 valence electrons. The Hall–Kier alpha value is -1.89. The summed E-state index contributed by atoms with van der Waals surface area (Å²) in [7, 11) is 3.05. The molecule has 0 aliphatic carbocycles. The van der Waals surface area contributed by atoms with Crippen LogP contribution in [-0.4, -0.2) is 55.3 Å². The maximum absolute atomic E-state index is 14.0. The third kappa shape index (κ3) is 2.61. The lowest BCUT2D eigenvalue weighted by Crippen LogP contribution is -2.37. The molecule has 0 radical (unpaired) electrons. The van der Waals surface area contributed by atoms with Crippen LogP contribution in [0.25, 0.3) is 0 Å². The number of hydrogen-bond donors (Lipinski definition) is 0. The first-order valence-corrected chi connectivity index (χ1v) is 7.11. The largest absolute Gasteiger partial charge is 0.497 e. The van der Waals surface area contributed by atoms with Gasteiger partial charge in [-0.15, -0.1) is 0 Å². The summed E-state index contributed by atoms with van der Waals surface area (Å²) in [6, 6.07) is 2.35. The molecule has 0 aromatic heterocycles. The lowest BCUT2D eigenvalue weighted by molar-refractivity contribution is 0.0625. The minimum Gasteiger partial charge on any atom is -0.497 e. The summed E-state index contributed by atoms with van der Waals surface area (Å²) in [6.07, 6.45) is 0.325. The fraction of sp³-hybridized carbons (Fsp3) is 0.533. The summed E-state index contributed by atoms with van der Waals surface area (Å²) in [6.45, 7) is 1.76. The Morgan fingerprint density at radius 2 is 2.00 bits per heavy atom. The maximum atomic E-state index is 14.0. The van der Waals surface area contributed by atoms with Gasteiger partial charge in [-0.05, 0) is 0 Å². The molecule has 1 spiro atoms. The number of carbonyl (C=O) groups is 1. The van der Waals surface area contributed by atoms with Crippen LogP contribution in [0, 0.1) is 11.6 Å². The van der Waals surface area contributed by atoms with E-state index in [1.165, 1.54) is 24.1 Å². The molecule has 2 aliphatic rings. The molecule has 7 heteroatoms. The molecule has 3 rings (SSSR count). The van der Waals surface area contributed by atoms with Crippen LogP contribution in [0.4, 0.5) is 13.6 Å². The highest BCUT2D eigenvalue weighted by atomic mass is 19.1. The van der Waals surface area contributed by atoms with Crippen LogP contribution >= 0.6 is 0 Å². The molecule has 1 unspecified atom stereocenters. The fourth-order valence-electron chi connectivity index (χ4n) is 3.14. The van der Waals surface area contributed by atoms with Gasteiger partial charge in [0, 0.05) is 50.8 Å². The second-order valence-corrected chi connectivity index (χ2v) is 5.94. The van der Waals surface area contributed by atoms with Crippen molar-refractivity contribution in [3.05, 3.63) is 29.3 Å². The van der Waals surface area contributed by atoms with Gasteiger partial charge in [0.1, 0.15) is 23.0 Å². The predicted octanol–water partition coefficient (Wildman–Crippen LogP) is 2.00. The van der Waals surface area contributed by atoms with Crippen molar-refractivity contribution in [1.82, 2.24) is 9.80 Å². The first-order valence-electron chi connectivity index (χ1n) is 7.11. The summed E-state index contributed by atoms with van der Waals surface area (Å²) in [5, 5.41) is 0. The van der Waals surface area contributed by atoms with Gasteiger partial charge >= 0.3 is 6.09 Å². The lowest BCUT2D eigenvalue weighted by Gasteiger charge is -2.22. The zero-order valence-electron chi connectivity index (χ0n) is 12.6. The van der Waals surface area contributed by atoms with Crippen molar-refractivity contribution in [3.63, 3.8) is 0 Å². The molecule has 0 N–H and O–H groups in total. The topological polar surface area (TPSA) is 42.0 Å². The monoisotopic (exact) mass is 312 g/mol. The first kappa shape index (κ1) is 15.0. The molecule has 1 aromatic rings. The molecule has 1 aromatic carbocycles. The van der Waals surface area contributed by atoms with Gasteiger partial charge in [0.2, 0.25) is 0 Å². The number of ether oxygens (including phenoxy) is 2. The second kappa shape index (κ2) is 5.39. The zero-order chi connectivity index (χ0) is 15.9. The fourth-order valence-corrected chi connectivity index (χ4v) is 3.14. The molecular weight excluding hydrogens is 294 g/mol. The van der Waals surface area contributed by atoms with Gasteiger partial charge in [0.25, 0.3) is 0 Å². The van der Waals surface area contributed by atoms with Crippen molar-refractivity contribution in [3.8, 4) is 5.75 Å². The Balaban J connectivity index is 1.72. The predicted molar refractivity (Wildman–Crippen MR) is 74.6 cm³/mol. The van der Waals surface area contributed by atoms with Crippen molar-refractivity contribution in [2.45, 2.75) is 18.6 Å². The van der Waals surface area contributed by atoms with E-state index < -0.39 is 17.2 Å². The third-order valence-corrected chi connectivity index (χ3v) is 4.27. The van der Waals surface area contributed by atoms with Crippen LogP contribution in [0.3, 0.4) is 0 Å². The molecule has 5 nitrogen and oxygen atoms in total. The van der Waals surface area contributed by atoms with Gasteiger partial charge < -0.3 is 14.4 Å². The van der Waals surface area contributed by atoms with Crippen LogP contribution in [0.2, 0.25) is 0 Å². The molecule has 2 aliphatic heterocycles. The number of likely N-dealkylation sites (N-methyl/N-ethyl adjacent to an activating group) is 1. The van der Waals surface area contributed by atoms with Gasteiger partial charge in [-0.3, -0.25) is 4.90 Å². The van der Waals surface area contributed by atoms with Crippen molar-refractivity contribution in [2.75, 3.05) is 33.8 Å². The second-order valence-electron chi connectivity index (χ2n) is 5.94. The number of benzene rings is 1. The Morgan fingerprint density at radius 1 is 1.32 bits per heavy atom. The summed E-state index contributed by atoms with van der Waals surface area (Å²) in [5.41, 5.74) is -0.541. The standard InChI is InChI=1S/C15H18F2N2O3/c1-18-8-15(22-14(18)20)3-4-19(9-15)7-11-12(16)5-10(21-2)6-13(11)17/h5-6H,3-4,7-9H2,1-2H3. The number of rotatable bonds is 3. The van der Waals surface area contributed by atoms with Crippen LogP contribution in [-0.2, 0) is 11.3 Å². The van der Waals surface area contributed by atoms with Crippen molar-refractivity contribution < 1.29 is 23.0 Å². The van der Waals surface area contributed by atoms with Crippen molar-refractivity contribution in [2.24, 2.45) is 0 Å². The van der Waals surface area contributed by atoms with Crippen LogP contribution < -0.4 is 4.74 Å². The summed E-state index contributed by atoms with van der Waals surface area (Å²) in [4.78, 5) is 15.0. The molecule has 0 saturated carbocycles. The van der Waals surface area contributed by atoms with E-state index in [0.717, 1.165) is 0 Å². The quantitative estimate of drug-likeness (QED) is 0.856. The Bertz CT molecular complexity index is 587. The molecule has 1 atom stereocenters. The van der Waals surface area contributed by atoms with Gasteiger partial charge in [0.05, 0.1) is 13.7 Å². The molecular formula is C15H18F2N2O3. The van der Waals surface area contributed by atoms with E-state index in [0.29, 0.717) is 26.1 Å². The molecule has 0 bridgehead atoms. The van der Waals surface area contributed by atoms with E-state index in [4.69, 9.17) is 9.47 Å². The molecule has 2 fully saturated rings. The maximum Gasteiger partial charge on any atom is 0.410 e. The zero-order valence-corrected chi connectivity index (χ0v) is 12.6. The molecule has 22 heavy (non-hydrogen) atoms. The van der Waals surface area contributed by atoms with Crippen LogP contribution in [0.15, 0.2) is 12.1 Å². The Morgan fingerprint density at radius 3 is 2.55 bits per heavy atom. The highest BCUT2D eigenvalue weighted by Crippen LogP contribution is 2.33. The Kier molecular flexibility index (Phi) is 3.68. The minimum absolute atomic E-state index is 0.00975. The summed E-state index contributed by atoms with van der Waals surface area (Å²) in [5.74, 6) is -1.10. The average molecular weight is 312 g/mol. The molecule has 2 heterocycles. The number of likely N-dealkylation sites (tertiary alicyclic amines) is 1. The van der Waals surface area contributed by atoms with E-state index >= 15 is 0 Å². The van der Waals surface area contributed by atoms with Crippen LogP contribution in [0.5, 0.6) is 5.75 Å². The number of methoxy groups -OCH3 is 1. The number of nitrogens with zero attached hydrogens (tertiary/aromatic N) is 2.